The van der Waals surface area contributed by atoms with Crippen LogP contribution >= 0.6 is 0 Å². The van der Waals surface area contributed by atoms with Gasteiger partial charge in [0.15, 0.2) is 5.69 Å². The summed E-state index contributed by atoms with van der Waals surface area (Å²) in [7, 11) is 1.29. The third-order valence-corrected chi connectivity index (χ3v) is 2.96. The molecule has 2 rings (SSSR count). The van der Waals surface area contributed by atoms with Gasteiger partial charge in [0.2, 0.25) is 0 Å². The van der Waals surface area contributed by atoms with E-state index >= 15 is 0 Å². The van der Waals surface area contributed by atoms with Crippen LogP contribution < -0.4 is 5.32 Å². The Morgan fingerprint density at radius 1 is 1.05 bits per heavy atom. The van der Waals surface area contributed by atoms with Crippen LogP contribution in [-0.2, 0) is 25.9 Å². The van der Waals surface area contributed by atoms with Crippen LogP contribution in [-0.4, -0.2) is 9.78 Å². The average molecular weight is 323 g/mol. The first-order chi connectivity index (χ1) is 10.1. The smallest absolute Gasteiger partial charge is 0.379 e. The number of anilines is 1. The van der Waals surface area contributed by atoms with Crippen molar-refractivity contribution in [1.29, 1.82) is 0 Å². The molecule has 0 aliphatic heterocycles. The number of benzene rings is 1. The Bertz CT molecular complexity index is 657. The molecule has 22 heavy (non-hydrogen) atoms. The number of nitrogens with zero attached hydrogens (tertiary/aromatic N) is 2. The standard InChI is InChI=1S/C13H11F6N3/c1-22-8(6-11(21-22)13(17,18)19)7-20-10-5-3-2-4-9(10)12(14,15)16/h2-6,20H,7H2,1H3. The number of aryl methyl sites for hydroxylation is 1. The molecule has 1 aromatic heterocycles. The van der Waals surface area contributed by atoms with E-state index in [0.29, 0.717) is 0 Å². The van der Waals surface area contributed by atoms with Crippen LogP contribution in [0.4, 0.5) is 32.0 Å². The van der Waals surface area contributed by atoms with Crippen molar-refractivity contribution in [3.63, 3.8) is 0 Å². The Morgan fingerprint density at radius 2 is 1.68 bits per heavy atom. The fraction of sp³-hybridized carbons (Fsp3) is 0.308. The molecule has 0 fully saturated rings. The Labute approximate surface area is 121 Å². The van der Waals surface area contributed by atoms with Gasteiger partial charge in [-0.2, -0.15) is 31.4 Å². The topological polar surface area (TPSA) is 29.9 Å². The van der Waals surface area contributed by atoms with Gasteiger partial charge in [-0.25, -0.2) is 0 Å². The number of halogens is 6. The Hall–Kier alpha value is -2.19. The van der Waals surface area contributed by atoms with E-state index < -0.39 is 23.6 Å². The molecule has 0 aliphatic rings. The maximum Gasteiger partial charge on any atom is 0.435 e. The quantitative estimate of drug-likeness (QED) is 0.863. The summed E-state index contributed by atoms with van der Waals surface area (Å²) in [6.07, 6.45) is -9.15. The first-order valence-corrected chi connectivity index (χ1v) is 6.09. The maximum atomic E-state index is 12.8. The molecule has 0 bridgehead atoms. The SMILES string of the molecule is Cn1nc(C(F)(F)F)cc1CNc1ccccc1C(F)(F)F. The van der Waals surface area contributed by atoms with E-state index in [-0.39, 0.29) is 17.9 Å². The predicted molar refractivity (Wildman–Crippen MR) is 67.0 cm³/mol. The van der Waals surface area contributed by atoms with Crippen molar-refractivity contribution in [3.8, 4) is 0 Å². The molecule has 0 saturated heterocycles. The first kappa shape index (κ1) is 16.2. The van der Waals surface area contributed by atoms with Gasteiger partial charge in [0.05, 0.1) is 17.8 Å². The highest BCUT2D eigenvalue weighted by atomic mass is 19.4. The summed E-state index contributed by atoms with van der Waals surface area (Å²) in [4.78, 5) is 0. The minimum Gasteiger partial charge on any atom is -0.379 e. The third kappa shape index (κ3) is 3.52. The summed E-state index contributed by atoms with van der Waals surface area (Å²) in [5.41, 5.74) is -2.06. The summed E-state index contributed by atoms with van der Waals surface area (Å²) in [6, 6.07) is 5.54. The fourth-order valence-electron chi connectivity index (χ4n) is 1.88. The van der Waals surface area contributed by atoms with Crippen molar-refractivity contribution in [1.82, 2.24) is 9.78 Å². The summed E-state index contributed by atoms with van der Waals surface area (Å²) in [5.74, 6) is 0. The molecule has 9 heteroatoms. The van der Waals surface area contributed by atoms with Crippen LogP contribution in [0.15, 0.2) is 30.3 Å². The lowest BCUT2D eigenvalue weighted by Crippen LogP contribution is -2.12. The maximum absolute atomic E-state index is 12.8. The van der Waals surface area contributed by atoms with E-state index in [2.05, 4.69) is 10.4 Å². The predicted octanol–water partition coefficient (Wildman–Crippen LogP) is 4.07. The number of nitrogens with one attached hydrogen (secondary N) is 1. The Morgan fingerprint density at radius 3 is 2.23 bits per heavy atom. The van der Waals surface area contributed by atoms with Crippen molar-refractivity contribution in [3.05, 3.63) is 47.3 Å². The van der Waals surface area contributed by atoms with Gasteiger partial charge in [-0.05, 0) is 18.2 Å². The van der Waals surface area contributed by atoms with Crippen LogP contribution in [0, 0.1) is 0 Å². The molecule has 3 nitrogen and oxygen atoms in total. The second-order valence-corrected chi connectivity index (χ2v) is 4.54. The number of hydrogen-bond acceptors (Lipinski definition) is 2. The van der Waals surface area contributed by atoms with Gasteiger partial charge in [0, 0.05) is 12.7 Å². The fourth-order valence-corrected chi connectivity index (χ4v) is 1.88. The Balaban J connectivity index is 2.20. The summed E-state index contributed by atoms with van der Waals surface area (Å²) in [6.45, 7) is -0.216. The van der Waals surface area contributed by atoms with Crippen molar-refractivity contribution < 1.29 is 26.3 Å². The van der Waals surface area contributed by atoms with Crippen molar-refractivity contribution in [2.45, 2.75) is 18.9 Å². The van der Waals surface area contributed by atoms with Crippen molar-refractivity contribution in [2.75, 3.05) is 5.32 Å². The molecule has 1 heterocycles. The van der Waals surface area contributed by atoms with Crippen LogP contribution in [0.25, 0.3) is 0 Å². The van der Waals surface area contributed by atoms with Gasteiger partial charge in [0.1, 0.15) is 0 Å². The van der Waals surface area contributed by atoms with Crippen LogP contribution in [0.3, 0.4) is 0 Å². The normalized spacial score (nSPS) is 12.5. The lowest BCUT2D eigenvalue weighted by molar-refractivity contribution is -0.141. The second kappa shape index (κ2) is 5.54. The van der Waals surface area contributed by atoms with Gasteiger partial charge >= 0.3 is 12.4 Å². The molecule has 0 radical (unpaired) electrons. The molecule has 2 aromatic rings. The second-order valence-electron chi connectivity index (χ2n) is 4.54. The summed E-state index contributed by atoms with van der Waals surface area (Å²) >= 11 is 0. The molecule has 0 atom stereocenters. The van der Waals surface area contributed by atoms with Gasteiger partial charge < -0.3 is 5.32 Å². The van der Waals surface area contributed by atoms with E-state index in [1.165, 1.54) is 25.2 Å². The molecule has 1 aromatic carbocycles. The molecule has 0 amide bonds. The highest BCUT2D eigenvalue weighted by Gasteiger charge is 2.35. The molecule has 0 saturated carbocycles. The number of hydrogen-bond donors (Lipinski definition) is 1. The monoisotopic (exact) mass is 323 g/mol. The van der Waals surface area contributed by atoms with Crippen molar-refractivity contribution in [2.24, 2.45) is 7.05 Å². The largest absolute Gasteiger partial charge is 0.435 e. The van der Waals surface area contributed by atoms with Crippen molar-refractivity contribution >= 4 is 5.69 Å². The zero-order valence-electron chi connectivity index (χ0n) is 11.3. The average Bonchev–Trinajstić information content (AvgIpc) is 2.77. The summed E-state index contributed by atoms with van der Waals surface area (Å²) in [5, 5.41) is 5.79. The minimum absolute atomic E-state index is 0.115. The molecule has 0 spiro atoms. The minimum atomic E-state index is -4.60. The third-order valence-electron chi connectivity index (χ3n) is 2.96. The Kier molecular flexibility index (Phi) is 4.08. The lowest BCUT2D eigenvalue weighted by atomic mass is 10.1. The number of alkyl halides is 6. The molecule has 1 N–H and O–H groups in total. The van der Waals surface area contributed by atoms with Gasteiger partial charge in [0.25, 0.3) is 0 Å². The molecule has 0 aliphatic carbocycles. The van der Waals surface area contributed by atoms with Crippen LogP contribution in [0.5, 0.6) is 0 Å². The van der Waals surface area contributed by atoms with E-state index in [9.17, 15) is 26.3 Å². The highest BCUT2D eigenvalue weighted by Crippen LogP contribution is 2.35. The zero-order valence-corrected chi connectivity index (χ0v) is 11.3. The molecular formula is C13H11F6N3. The highest BCUT2D eigenvalue weighted by molar-refractivity contribution is 5.52. The molecule has 120 valence electrons. The van der Waals surface area contributed by atoms with Crippen LogP contribution in [0.2, 0.25) is 0 Å². The first-order valence-electron chi connectivity index (χ1n) is 6.09. The lowest BCUT2D eigenvalue weighted by Gasteiger charge is -2.14. The van der Waals surface area contributed by atoms with Gasteiger partial charge in [-0.15, -0.1) is 0 Å². The number of para-hydroxylation sites is 1. The van der Waals surface area contributed by atoms with E-state index in [1.54, 1.807) is 0 Å². The van der Waals surface area contributed by atoms with Gasteiger partial charge in [-0.3, -0.25) is 4.68 Å². The molecular weight excluding hydrogens is 312 g/mol. The summed E-state index contributed by atoms with van der Waals surface area (Å²) < 4.78 is 77.0. The zero-order chi connectivity index (χ0) is 16.5. The van der Waals surface area contributed by atoms with E-state index in [4.69, 9.17) is 0 Å². The number of rotatable bonds is 3. The van der Waals surface area contributed by atoms with E-state index in [1.807, 2.05) is 0 Å². The van der Waals surface area contributed by atoms with Gasteiger partial charge in [-0.1, -0.05) is 12.1 Å². The van der Waals surface area contributed by atoms with E-state index in [0.717, 1.165) is 16.8 Å². The number of aromatic nitrogens is 2. The molecule has 0 unspecified atom stereocenters. The van der Waals surface area contributed by atoms with Crippen LogP contribution in [0.1, 0.15) is 17.0 Å².